The van der Waals surface area contributed by atoms with Gasteiger partial charge in [0.15, 0.2) is 0 Å². The van der Waals surface area contributed by atoms with Crippen molar-refractivity contribution in [2.75, 3.05) is 20.6 Å². The summed E-state index contributed by atoms with van der Waals surface area (Å²) in [6.45, 7) is 4.95. The summed E-state index contributed by atoms with van der Waals surface area (Å²) in [5.41, 5.74) is 5.62. The molecule has 0 aromatic carbocycles. The fraction of sp³-hybridized carbons (Fsp3) is 0.769. The van der Waals surface area contributed by atoms with Gasteiger partial charge in [0, 0.05) is 19.0 Å². The van der Waals surface area contributed by atoms with E-state index in [4.69, 9.17) is 12.2 Å². The van der Waals surface area contributed by atoms with Crippen molar-refractivity contribution < 1.29 is 4.79 Å². The van der Waals surface area contributed by atoms with Crippen molar-refractivity contribution in [2.24, 2.45) is 11.7 Å². The molecule has 3 N–H and O–H groups in total. The molecule has 0 fully saturated rings. The summed E-state index contributed by atoms with van der Waals surface area (Å²) >= 11 is 0. The van der Waals surface area contributed by atoms with Crippen LogP contribution in [-0.2, 0) is 4.79 Å². The molecule has 0 saturated carbocycles. The van der Waals surface area contributed by atoms with Crippen molar-refractivity contribution in [1.29, 1.82) is 0 Å². The van der Waals surface area contributed by atoms with Crippen molar-refractivity contribution in [1.82, 2.24) is 10.2 Å². The van der Waals surface area contributed by atoms with Crippen molar-refractivity contribution in [3.63, 3.8) is 0 Å². The Bertz CT molecular complexity index is 268. The molecule has 4 heteroatoms. The van der Waals surface area contributed by atoms with E-state index in [-0.39, 0.29) is 12.3 Å². The van der Waals surface area contributed by atoms with E-state index in [1.165, 1.54) is 0 Å². The van der Waals surface area contributed by atoms with Gasteiger partial charge in [0.25, 0.3) is 0 Å². The largest absolute Gasteiger partial charge is 0.353 e. The monoisotopic (exact) mass is 239 g/mol. The molecule has 98 valence electrons. The molecule has 2 atom stereocenters. The van der Waals surface area contributed by atoms with Crippen LogP contribution in [0.25, 0.3) is 0 Å². The van der Waals surface area contributed by atoms with Gasteiger partial charge in [0.05, 0.1) is 6.04 Å². The maximum atomic E-state index is 11.6. The summed E-state index contributed by atoms with van der Waals surface area (Å²) in [7, 11) is 4.03. The van der Waals surface area contributed by atoms with Gasteiger partial charge in [-0.05, 0) is 26.4 Å². The maximum absolute atomic E-state index is 11.6. The first-order chi connectivity index (χ1) is 7.88. The molecule has 17 heavy (non-hydrogen) atoms. The molecule has 0 aromatic rings. The Morgan fingerprint density at radius 3 is 2.47 bits per heavy atom. The van der Waals surface area contributed by atoms with Crippen molar-refractivity contribution in [3.05, 3.63) is 0 Å². The highest BCUT2D eigenvalue weighted by Gasteiger charge is 2.17. The van der Waals surface area contributed by atoms with Crippen LogP contribution in [0.3, 0.4) is 0 Å². The van der Waals surface area contributed by atoms with Gasteiger partial charge in [-0.2, -0.15) is 0 Å². The highest BCUT2D eigenvalue weighted by molar-refractivity contribution is 5.81. The van der Waals surface area contributed by atoms with Crippen LogP contribution in [0.15, 0.2) is 0 Å². The second kappa shape index (κ2) is 8.10. The predicted octanol–water partition coefficient (Wildman–Crippen LogP) is 0.430. The molecule has 0 aliphatic carbocycles. The van der Waals surface area contributed by atoms with Crippen LogP contribution in [0.4, 0.5) is 0 Å². The highest BCUT2D eigenvalue weighted by atomic mass is 16.2. The fourth-order valence-electron chi connectivity index (χ4n) is 1.59. The molecule has 0 aliphatic rings. The number of amides is 1. The van der Waals surface area contributed by atoms with Gasteiger partial charge in [0.1, 0.15) is 0 Å². The van der Waals surface area contributed by atoms with Crippen molar-refractivity contribution >= 4 is 5.91 Å². The standard InChI is InChI=1S/C13H25N3O/c1-6-7-12(14)13(17)15-9-11(16(4)5)8-10(2)3/h1,10-12H,7-9,14H2,2-5H3,(H,15,17). The number of hydrogen-bond donors (Lipinski definition) is 2. The topological polar surface area (TPSA) is 58.4 Å². The van der Waals surface area contributed by atoms with Crippen LogP contribution >= 0.6 is 0 Å². The molecule has 0 aromatic heterocycles. The smallest absolute Gasteiger partial charge is 0.237 e. The summed E-state index contributed by atoms with van der Waals surface area (Å²) in [4.78, 5) is 13.7. The van der Waals surface area contributed by atoms with Crippen LogP contribution in [0.5, 0.6) is 0 Å². The number of carbonyl (C=O) groups excluding carboxylic acids is 1. The third kappa shape index (κ3) is 6.98. The lowest BCUT2D eigenvalue weighted by Gasteiger charge is -2.26. The van der Waals surface area contributed by atoms with Crippen molar-refractivity contribution in [3.8, 4) is 12.3 Å². The normalized spacial score (nSPS) is 14.5. The van der Waals surface area contributed by atoms with E-state index < -0.39 is 6.04 Å². The first-order valence-corrected chi connectivity index (χ1v) is 6.01. The molecule has 0 heterocycles. The van der Waals surface area contributed by atoms with E-state index in [1.807, 2.05) is 14.1 Å². The number of carbonyl (C=O) groups is 1. The Balaban J connectivity index is 4.13. The number of terminal acetylenes is 1. The third-order valence-corrected chi connectivity index (χ3v) is 2.66. The van der Waals surface area contributed by atoms with Crippen LogP contribution in [0, 0.1) is 18.3 Å². The molecule has 0 rings (SSSR count). The number of rotatable bonds is 7. The third-order valence-electron chi connectivity index (χ3n) is 2.66. The first-order valence-electron chi connectivity index (χ1n) is 6.01. The molecular formula is C13H25N3O. The number of hydrogen-bond acceptors (Lipinski definition) is 3. The molecule has 0 saturated heterocycles. The Kier molecular flexibility index (Phi) is 7.60. The summed E-state index contributed by atoms with van der Waals surface area (Å²) < 4.78 is 0. The lowest BCUT2D eigenvalue weighted by molar-refractivity contribution is -0.122. The van der Waals surface area contributed by atoms with Crippen LogP contribution in [-0.4, -0.2) is 43.5 Å². The van der Waals surface area contributed by atoms with E-state index in [0.717, 1.165) is 6.42 Å². The Labute approximate surface area is 105 Å². The summed E-state index contributed by atoms with van der Waals surface area (Å²) in [6.07, 6.45) is 6.44. The summed E-state index contributed by atoms with van der Waals surface area (Å²) in [6, 6.07) is -0.265. The van der Waals surface area contributed by atoms with Gasteiger partial charge in [-0.15, -0.1) is 12.3 Å². The molecule has 0 bridgehead atoms. The minimum absolute atomic E-state index is 0.168. The fourth-order valence-corrected chi connectivity index (χ4v) is 1.59. The summed E-state index contributed by atoms with van der Waals surface area (Å²) in [5, 5.41) is 2.85. The van der Waals surface area contributed by atoms with E-state index >= 15 is 0 Å². The number of nitrogens with zero attached hydrogens (tertiary/aromatic N) is 1. The van der Waals surface area contributed by atoms with Crippen LogP contribution in [0.1, 0.15) is 26.7 Å². The van der Waals surface area contributed by atoms with Gasteiger partial charge in [0.2, 0.25) is 5.91 Å². The number of likely N-dealkylation sites (N-methyl/N-ethyl adjacent to an activating group) is 1. The Morgan fingerprint density at radius 1 is 1.47 bits per heavy atom. The maximum Gasteiger partial charge on any atom is 0.237 e. The number of nitrogens with two attached hydrogens (primary N) is 1. The van der Waals surface area contributed by atoms with E-state index in [2.05, 4.69) is 30.0 Å². The molecule has 0 spiro atoms. The predicted molar refractivity (Wildman–Crippen MR) is 71.4 cm³/mol. The quantitative estimate of drug-likeness (QED) is 0.633. The molecule has 0 aliphatic heterocycles. The zero-order valence-corrected chi connectivity index (χ0v) is 11.4. The molecule has 0 radical (unpaired) electrons. The second-order valence-corrected chi connectivity index (χ2v) is 5.01. The lowest BCUT2D eigenvalue weighted by Crippen LogP contribution is -2.46. The van der Waals surface area contributed by atoms with Crippen LogP contribution in [0.2, 0.25) is 0 Å². The average Bonchev–Trinajstić information content (AvgIpc) is 2.23. The Hall–Kier alpha value is -1.05. The Morgan fingerprint density at radius 2 is 2.06 bits per heavy atom. The van der Waals surface area contributed by atoms with E-state index in [9.17, 15) is 4.79 Å². The van der Waals surface area contributed by atoms with Gasteiger partial charge in [-0.25, -0.2) is 0 Å². The molecule has 1 amide bonds. The summed E-state index contributed by atoms with van der Waals surface area (Å²) in [5.74, 6) is 2.82. The molecule has 4 nitrogen and oxygen atoms in total. The van der Waals surface area contributed by atoms with Crippen molar-refractivity contribution in [2.45, 2.75) is 38.8 Å². The lowest BCUT2D eigenvalue weighted by atomic mass is 10.0. The van der Waals surface area contributed by atoms with Gasteiger partial charge >= 0.3 is 0 Å². The first kappa shape index (κ1) is 16.0. The SMILES string of the molecule is C#CCC(N)C(=O)NCC(CC(C)C)N(C)C. The van der Waals surface area contributed by atoms with Gasteiger partial charge in [-0.1, -0.05) is 13.8 Å². The molecular weight excluding hydrogens is 214 g/mol. The minimum atomic E-state index is -0.595. The van der Waals surface area contributed by atoms with Gasteiger partial charge < -0.3 is 16.0 Å². The zero-order valence-electron chi connectivity index (χ0n) is 11.4. The average molecular weight is 239 g/mol. The van der Waals surface area contributed by atoms with E-state index in [0.29, 0.717) is 18.5 Å². The minimum Gasteiger partial charge on any atom is -0.353 e. The van der Waals surface area contributed by atoms with E-state index in [1.54, 1.807) is 0 Å². The highest BCUT2D eigenvalue weighted by Crippen LogP contribution is 2.08. The number of nitrogens with one attached hydrogen (secondary N) is 1. The van der Waals surface area contributed by atoms with Gasteiger partial charge in [-0.3, -0.25) is 4.79 Å². The zero-order chi connectivity index (χ0) is 13.4. The van der Waals surface area contributed by atoms with Crippen LogP contribution < -0.4 is 11.1 Å². The molecule has 2 unspecified atom stereocenters. The second-order valence-electron chi connectivity index (χ2n) is 5.01.